The summed E-state index contributed by atoms with van der Waals surface area (Å²) in [6.45, 7) is 5.55. The minimum atomic E-state index is -0.597. The monoisotopic (exact) mass is 255 g/mol. The van der Waals surface area contributed by atoms with Gasteiger partial charge in [-0.25, -0.2) is 4.79 Å². The van der Waals surface area contributed by atoms with Crippen molar-refractivity contribution in [2.75, 3.05) is 19.8 Å². The Balaban J connectivity index is 2.00. The Bertz CT molecular complexity index is 287. The summed E-state index contributed by atoms with van der Waals surface area (Å²) in [5.41, 5.74) is -0.597. The number of rotatable bonds is 8. The van der Waals surface area contributed by atoms with Crippen LogP contribution in [0, 0.1) is 5.92 Å². The van der Waals surface area contributed by atoms with Gasteiger partial charge in [-0.05, 0) is 51.5 Å². The van der Waals surface area contributed by atoms with Gasteiger partial charge in [0.1, 0.15) is 5.54 Å². The molecule has 2 fully saturated rings. The number of nitrogens with one attached hydrogen (secondary N) is 1. The van der Waals surface area contributed by atoms with Crippen molar-refractivity contribution in [1.29, 1.82) is 0 Å². The van der Waals surface area contributed by atoms with E-state index in [9.17, 15) is 4.79 Å². The van der Waals surface area contributed by atoms with Crippen LogP contribution in [0.25, 0.3) is 0 Å². The van der Waals surface area contributed by atoms with E-state index < -0.39 is 5.54 Å². The fraction of sp³-hybridized carbons (Fsp3) is 0.929. The van der Waals surface area contributed by atoms with Crippen LogP contribution in [-0.4, -0.2) is 37.4 Å². The maximum Gasteiger partial charge on any atom is 0.329 e. The Hall–Kier alpha value is -0.610. The molecule has 4 heteroatoms. The Morgan fingerprint density at radius 3 is 2.44 bits per heavy atom. The first-order chi connectivity index (χ1) is 8.73. The van der Waals surface area contributed by atoms with Crippen molar-refractivity contribution in [1.82, 2.24) is 5.32 Å². The summed E-state index contributed by atoms with van der Waals surface area (Å²) in [5, 5.41) is 3.35. The van der Waals surface area contributed by atoms with Gasteiger partial charge in [0, 0.05) is 0 Å². The molecule has 0 amide bonds. The third kappa shape index (κ3) is 2.86. The van der Waals surface area contributed by atoms with Gasteiger partial charge in [-0.2, -0.15) is 0 Å². The second kappa shape index (κ2) is 6.02. The number of esters is 1. The predicted molar refractivity (Wildman–Crippen MR) is 69.4 cm³/mol. The molecule has 0 spiro atoms. The Kier molecular flexibility index (Phi) is 4.62. The first-order valence-electron chi connectivity index (χ1n) is 7.26. The lowest BCUT2D eigenvalue weighted by molar-refractivity contribution is -0.158. The molecule has 0 aliphatic heterocycles. The summed E-state index contributed by atoms with van der Waals surface area (Å²) >= 11 is 0. The van der Waals surface area contributed by atoms with Crippen molar-refractivity contribution in [2.24, 2.45) is 5.92 Å². The third-order valence-corrected chi connectivity index (χ3v) is 4.01. The van der Waals surface area contributed by atoms with Crippen LogP contribution < -0.4 is 5.32 Å². The lowest BCUT2D eigenvalue weighted by Gasteiger charge is -2.35. The Morgan fingerprint density at radius 1 is 1.28 bits per heavy atom. The summed E-state index contributed by atoms with van der Waals surface area (Å²) in [6.07, 6.45) is 6.07. The average Bonchev–Trinajstić information content (AvgIpc) is 3.10. The van der Waals surface area contributed by atoms with E-state index in [1.807, 2.05) is 13.8 Å². The molecule has 0 aromatic heterocycles. The molecule has 1 N–H and O–H groups in total. The quantitative estimate of drug-likeness (QED) is 0.673. The molecule has 0 saturated heterocycles. The first kappa shape index (κ1) is 13.8. The third-order valence-electron chi connectivity index (χ3n) is 4.01. The molecule has 4 nitrogen and oxygen atoms in total. The molecule has 104 valence electrons. The van der Waals surface area contributed by atoms with Crippen molar-refractivity contribution in [3.8, 4) is 0 Å². The van der Waals surface area contributed by atoms with Crippen LogP contribution in [0.15, 0.2) is 0 Å². The van der Waals surface area contributed by atoms with E-state index in [2.05, 4.69) is 5.32 Å². The molecular weight excluding hydrogens is 230 g/mol. The van der Waals surface area contributed by atoms with Crippen LogP contribution in [0.4, 0.5) is 0 Å². The van der Waals surface area contributed by atoms with Gasteiger partial charge in [-0.3, -0.25) is 5.32 Å². The Labute approximate surface area is 109 Å². The number of likely N-dealkylation sites (N-methyl/N-ethyl adjacent to an activating group) is 1. The van der Waals surface area contributed by atoms with Crippen molar-refractivity contribution in [2.45, 2.75) is 57.6 Å². The zero-order chi connectivity index (χ0) is 13.0. The van der Waals surface area contributed by atoms with Crippen LogP contribution in [0.3, 0.4) is 0 Å². The van der Waals surface area contributed by atoms with Crippen molar-refractivity contribution in [3.05, 3.63) is 0 Å². The highest BCUT2D eigenvalue weighted by atomic mass is 16.5. The number of ether oxygens (including phenoxy) is 2. The van der Waals surface area contributed by atoms with E-state index in [1.54, 1.807) is 0 Å². The van der Waals surface area contributed by atoms with E-state index in [1.165, 1.54) is 6.42 Å². The molecule has 0 radical (unpaired) electrons. The van der Waals surface area contributed by atoms with E-state index >= 15 is 0 Å². The largest absolute Gasteiger partial charge is 0.465 e. The van der Waals surface area contributed by atoms with Crippen molar-refractivity contribution in [3.63, 3.8) is 0 Å². The number of hydrogen-bond donors (Lipinski definition) is 1. The average molecular weight is 255 g/mol. The molecule has 2 rings (SSSR count). The highest BCUT2D eigenvalue weighted by molar-refractivity contribution is 5.82. The van der Waals surface area contributed by atoms with Gasteiger partial charge in [0.15, 0.2) is 0 Å². The highest BCUT2D eigenvalue weighted by Crippen LogP contribution is 2.41. The molecule has 2 aliphatic rings. The second-order valence-electron chi connectivity index (χ2n) is 5.36. The zero-order valence-corrected chi connectivity index (χ0v) is 11.5. The van der Waals surface area contributed by atoms with E-state index in [4.69, 9.17) is 9.47 Å². The fourth-order valence-electron chi connectivity index (χ4n) is 2.55. The summed E-state index contributed by atoms with van der Waals surface area (Å²) in [5.74, 6) is 0.255. The number of hydrogen-bond acceptors (Lipinski definition) is 4. The van der Waals surface area contributed by atoms with Crippen molar-refractivity contribution < 1.29 is 14.3 Å². The summed E-state index contributed by atoms with van der Waals surface area (Å²) in [6, 6.07) is 0. The maximum atomic E-state index is 12.3. The van der Waals surface area contributed by atoms with Crippen LogP contribution in [0.2, 0.25) is 0 Å². The summed E-state index contributed by atoms with van der Waals surface area (Å²) < 4.78 is 11.2. The molecule has 0 bridgehead atoms. The van der Waals surface area contributed by atoms with Crippen LogP contribution in [-0.2, 0) is 14.3 Å². The number of carbonyl (C=O) groups excluding carboxylic acids is 1. The van der Waals surface area contributed by atoms with Gasteiger partial charge in [-0.15, -0.1) is 0 Å². The molecule has 0 aromatic rings. The molecule has 1 atom stereocenters. The SMILES string of the molecule is CCNC(COC1CCC1)(C(=O)OCC)C1CC1. The van der Waals surface area contributed by atoms with E-state index in [0.717, 1.165) is 32.2 Å². The van der Waals surface area contributed by atoms with E-state index in [-0.39, 0.29) is 5.97 Å². The summed E-state index contributed by atoms with van der Waals surface area (Å²) in [4.78, 5) is 12.3. The van der Waals surface area contributed by atoms with E-state index in [0.29, 0.717) is 25.2 Å². The molecule has 2 aliphatic carbocycles. The summed E-state index contributed by atoms with van der Waals surface area (Å²) in [7, 11) is 0. The van der Waals surface area contributed by atoms with Crippen LogP contribution in [0.1, 0.15) is 46.0 Å². The Morgan fingerprint density at radius 2 is 2.00 bits per heavy atom. The molecule has 0 heterocycles. The fourth-order valence-corrected chi connectivity index (χ4v) is 2.55. The predicted octanol–water partition coefficient (Wildman–Crippen LogP) is 1.88. The molecule has 1 unspecified atom stereocenters. The standard InChI is InChI=1S/C14H25NO3/c1-3-15-14(11-8-9-11,13(16)17-4-2)10-18-12-6-5-7-12/h11-12,15H,3-10H2,1-2H3. The van der Waals surface area contributed by atoms with Crippen LogP contribution >= 0.6 is 0 Å². The van der Waals surface area contributed by atoms with Gasteiger partial charge in [0.05, 0.1) is 19.3 Å². The van der Waals surface area contributed by atoms with Crippen LogP contribution in [0.5, 0.6) is 0 Å². The highest BCUT2D eigenvalue weighted by Gasteiger charge is 2.52. The first-order valence-corrected chi connectivity index (χ1v) is 7.26. The van der Waals surface area contributed by atoms with Gasteiger partial charge >= 0.3 is 5.97 Å². The lowest BCUT2D eigenvalue weighted by atomic mass is 9.92. The van der Waals surface area contributed by atoms with Crippen molar-refractivity contribution >= 4 is 5.97 Å². The molecule has 0 aromatic carbocycles. The van der Waals surface area contributed by atoms with Gasteiger partial charge in [0.2, 0.25) is 0 Å². The topological polar surface area (TPSA) is 47.6 Å². The number of carbonyl (C=O) groups is 1. The van der Waals surface area contributed by atoms with Gasteiger partial charge in [-0.1, -0.05) is 6.92 Å². The normalized spacial score (nSPS) is 23.2. The molecule has 18 heavy (non-hydrogen) atoms. The second-order valence-corrected chi connectivity index (χ2v) is 5.36. The maximum absolute atomic E-state index is 12.3. The minimum absolute atomic E-state index is 0.131. The smallest absolute Gasteiger partial charge is 0.329 e. The van der Waals surface area contributed by atoms with Gasteiger partial charge < -0.3 is 9.47 Å². The lowest BCUT2D eigenvalue weighted by Crippen LogP contribution is -2.59. The molecular formula is C14H25NO3. The minimum Gasteiger partial charge on any atom is -0.465 e. The zero-order valence-electron chi connectivity index (χ0n) is 11.5. The van der Waals surface area contributed by atoms with Gasteiger partial charge in [0.25, 0.3) is 0 Å². The molecule has 2 saturated carbocycles.